The molecule has 0 aliphatic heterocycles. The Morgan fingerprint density at radius 2 is 2.17 bits per heavy atom. The Bertz CT molecular complexity index is 169. The molecule has 1 rings (SSSR count). The maximum Gasteiger partial charge on any atom is 0.220 e. The van der Waals surface area contributed by atoms with Crippen molar-refractivity contribution in [1.29, 1.82) is 0 Å². The highest BCUT2D eigenvalue weighted by Crippen LogP contribution is 2.09. The van der Waals surface area contributed by atoms with Crippen molar-refractivity contribution >= 4 is 5.91 Å². The number of hydrogen-bond donors (Lipinski definition) is 2. The van der Waals surface area contributed by atoms with E-state index in [1.165, 1.54) is 0 Å². The molecule has 0 aromatic carbocycles. The lowest BCUT2D eigenvalue weighted by atomic mass is 10.2. The van der Waals surface area contributed by atoms with Gasteiger partial charge in [0, 0.05) is 12.5 Å². The molecule has 0 bridgehead atoms. The molecule has 0 unspecified atom stereocenters. The number of nitrogens with two attached hydrogens (primary N) is 1. The van der Waals surface area contributed by atoms with Gasteiger partial charge in [0.25, 0.3) is 0 Å². The van der Waals surface area contributed by atoms with E-state index in [9.17, 15) is 4.79 Å². The third-order valence-electron chi connectivity index (χ3n) is 1.98. The predicted octanol–water partition coefficient (Wildman–Crippen LogP) is 0.560. The normalized spacial score (nSPS) is 16.8. The lowest BCUT2D eigenvalue weighted by molar-refractivity contribution is -0.121. The molecule has 0 radical (unpaired) electrons. The minimum atomic E-state index is 0.133. The zero-order valence-corrected chi connectivity index (χ0v) is 7.25. The Labute approximate surface area is 73.0 Å². The fourth-order valence-electron chi connectivity index (χ4n) is 1.30. The van der Waals surface area contributed by atoms with E-state index < -0.39 is 0 Å². The average Bonchev–Trinajstić information content (AvgIpc) is 2.53. The minimum absolute atomic E-state index is 0.133. The highest BCUT2D eigenvalue weighted by Gasteiger charge is 2.11. The molecule has 1 aliphatic rings. The van der Waals surface area contributed by atoms with Crippen LogP contribution in [0, 0.1) is 0 Å². The van der Waals surface area contributed by atoms with Crippen LogP contribution in [0.2, 0.25) is 0 Å². The summed E-state index contributed by atoms with van der Waals surface area (Å²) in [4.78, 5) is 11.2. The lowest BCUT2D eigenvalue weighted by Gasteiger charge is -2.11. The van der Waals surface area contributed by atoms with Gasteiger partial charge in [-0.1, -0.05) is 12.2 Å². The molecule has 3 heteroatoms. The van der Waals surface area contributed by atoms with Crippen molar-refractivity contribution in [2.75, 3.05) is 6.54 Å². The Balaban J connectivity index is 2.09. The molecule has 3 N–H and O–H groups in total. The molecule has 0 saturated heterocycles. The first-order valence-corrected chi connectivity index (χ1v) is 4.47. The summed E-state index contributed by atoms with van der Waals surface area (Å²) in [5.74, 6) is 0.133. The van der Waals surface area contributed by atoms with Crippen molar-refractivity contribution in [2.24, 2.45) is 5.73 Å². The summed E-state index contributed by atoms with van der Waals surface area (Å²) in [5.41, 5.74) is 5.29. The molecule has 0 fully saturated rings. The molecule has 0 aromatic rings. The Morgan fingerprint density at radius 1 is 1.50 bits per heavy atom. The predicted molar refractivity (Wildman–Crippen MR) is 48.6 cm³/mol. The number of nitrogens with one attached hydrogen (secondary N) is 1. The SMILES string of the molecule is NCCCC(=O)NC1CC=CC1. The first-order valence-electron chi connectivity index (χ1n) is 4.47. The molecule has 3 nitrogen and oxygen atoms in total. The van der Waals surface area contributed by atoms with Crippen molar-refractivity contribution in [3.63, 3.8) is 0 Å². The van der Waals surface area contributed by atoms with Crippen LogP contribution in [-0.2, 0) is 4.79 Å². The van der Waals surface area contributed by atoms with Crippen LogP contribution in [0.5, 0.6) is 0 Å². The number of carbonyl (C=O) groups is 1. The van der Waals surface area contributed by atoms with Crippen LogP contribution in [0.25, 0.3) is 0 Å². The molecule has 0 spiro atoms. The van der Waals surface area contributed by atoms with Crippen LogP contribution >= 0.6 is 0 Å². The van der Waals surface area contributed by atoms with E-state index in [-0.39, 0.29) is 5.91 Å². The van der Waals surface area contributed by atoms with Crippen molar-refractivity contribution < 1.29 is 4.79 Å². The zero-order chi connectivity index (χ0) is 8.81. The third-order valence-corrected chi connectivity index (χ3v) is 1.98. The lowest BCUT2D eigenvalue weighted by Crippen LogP contribution is -2.32. The van der Waals surface area contributed by atoms with Gasteiger partial charge in [-0.3, -0.25) is 4.79 Å². The van der Waals surface area contributed by atoms with Gasteiger partial charge in [0.15, 0.2) is 0 Å². The van der Waals surface area contributed by atoms with Gasteiger partial charge in [0.05, 0.1) is 0 Å². The first-order chi connectivity index (χ1) is 5.83. The van der Waals surface area contributed by atoms with Gasteiger partial charge in [-0.25, -0.2) is 0 Å². The molecular formula is C9H16N2O. The van der Waals surface area contributed by atoms with Gasteiger partial charge in [0.2, 0.25) is 5.91 Å². The quantitative estimate of drug-likeness (QED) is 0.603. The number of carbonyl (C=O) groups excluding carboxylic acids is 1. The molecule has 68 valence electrons. The Hall–Kier alpha value is -0.830. The van der Waals surface area contributed by atoms with E-state index in [0.717, 1.165) is 19.3 Å². The van der Waals surface area contributed by atoms with E-state index in [4.69, 9.17) is 5.73 Å². The average molecular weight is 168 g/mol. The van der Waals surface area contributed by atoms with Gasteiger partial charge < -0.3 is 11.1 Å². The summed E-state index contributed by atoms with van der Waals surface area (Å²) in [6, 6.07) is 0.343. The van der Waals surface area contributed by atoms with E-state index in [1.807, 2.05) is 0 Å². The van der Waals surface area contributed by atoms with Crippen molar-refractivity contribution in [1.82, 2.24) is 5.32 Å². The van der Waals surface area contributed by atoms with Crippen LogP contribution in [0.3, 0.4) is 0 Å². The van der Waals surface area contributed by atoms with Crippen LogP contribution in [0.4, 0.5) is 0 Å². The fourth-order valence-corrected chi connectivity index (χ4v) is 1.30. The molecular weight excluding hydrogens is 152 g/mol. The number of hydrogen-bond acceptors (Lipinski definition) is 2. The van der Waals surface area contributed by atoms with E-state index >= 15 is 0 Å². The smallest absolute Gasteiger partial charge is 0.220 e. The van der Waals surface area contributed by atoms with Crippen LogP contribution < -0.4 is 11.1 Å². The summed E-state index contributed by atoms with van der Waals surface area (Å²) in [6.45, 7) is 0.594. The summed E-state index contributed by atoms with van der Waals surface area (Å²) in [5, 5.41) is 2.96. The van der Waals surface area contributed by atoms with Gasteiger partial charge in [-0.05, 0) is 25.8 Å². The van der Waals surface area contributed by atoms with Crippen molar-refractivity contribution in [2.45, 2.75) is 31.7 Å². The number of amides is 1. The topological polar surface area (TPSA) is 55.1 Å². The Kier molecular flexibility index (Phi) is 3.80. The Morgan fingerprint density at radius 3 is 2.75 bits per heavy atom. The summed E-state index contributed by atoms with van der Waals surface area (Å²) in [6.07, 6.45) is 7.52. The zero-order valence-electron chi connectivity index (χ0n) is 7.25. The fraction of sp³-hybridized carbons (Fsp3) is 0.667. The maximum atomic E-state index is 11.2. The monoisotopic (exact) mass is 168 g/mol. The molecule has 1 amide bonds. The standard InChI is InChI=1S/C9H16N2O/c10-7-3-6-9(12)11-8-4-1-2-5-8/h1-2,8H,3-7,10H2,(H,11,12). The highest BCUT2D eigenvalue weighted by atomic mass is 16.1. The van der Waals surface area contributed by atoms with Crippen LogP contribution in [0.15, 0.2) is 12.2 Å². The summed E-state index contributed by atoms with van der Waals surface area (Å²) < 4.78 is 0. The molecule has 1 aliphatic carbocycles. The first kappa shape index (κ1) is 9.26. The van der Waals surface area contributed by atoms with Gasteiger partial charge in [-0.2, -0.15) is 0 Å². The third kappa shape index (κ3) is 3.05. The van der Waals surface area contributed by atoms with Gasteiger partial charge in [-0.15, -0.1) is 0 Å². The van der Waals surface area contributed by atoms with Gasteiger partial charge >= 0.3 is 0 Å². The van der Waals surface area contributed by atoms with Crippen molar-refractivity contribution in [3.8, 4) is 0 Å². The molecule has 0 saturated carbocycles. The largest absolute Gasteiger partial charge is 0.353 e. The minimum Gasteiger partial charge on any atom is -0.353 e. The summed E-state index contributed by atoms with van der Waals surface area (Å²) in [7, 11) is 0. The summed E-state index contributed by atoms with van der Waals surface area (Å²) >= 11 is 0. The van der Waals surface area contributed by atoms with Crippen molar-refractivity contribution in [3.05, 3.63) is 12.2 Å². The van der Waals surface area contributed by atoms with Gasteiger partial charge in [0.1, 0.15) is 0 Å². The van der Waals surface area contributed by atoms with E-state index in [2.05, 4.69) is 17.5 Å². The number of rotatable bonds is 4. The van der Waals surface area contributed by atoms with E-state index in [0.29, 0.717) is 19.0 Å². The molecule has 0 heterocycles. The van der Waals surface area contributed by atoms with Crippen LogP contribution in [0.1, 0.15) is 25.7 Å². The second-order valence-corrected chi connectivity index (χ2v) is 3.10. The van der Waals surface area contributed by atoms with E-state index in [1.54, 1.807) is 0 Å². The molecule has 12 heavy (non-hydrogen) atoms. The second-order valence-electron chi connectivity index (χ2n) is 3.10. The molecule has 0 atom stereocenters. The van der Waals surface area contributed by atoms with Crippen LogP contribution in [-0.4, -0.2) is 18.5 Å². The highest BCUT2D eigenvalue weighted by molar-refractivity contribution is 5.76. The maximum absolute atomic E-state index is 11.2. The second kappa shape index (κ2) is 4.93. The molecule has 0 aromatic heterocycles.